The fourth-order valence-electron chi connectivity index (χ4n) is 3.46. The average Bonchev–Trinajstić information content (AvgIpc) is 3.29. The molecule has 0 bridgehead atoms. The molecule has 33 heavy (non-hydrogen) atoms. The zero-order valence-corrected chi connectivity index (χ0v) is 19.1. The van der Waals surface area contributed by atoms with E-state index in [-0.39, 0.29) is 17.7 Å². The molecule has 0 saturated carbocycles. The van der Waals surface area contributed by atoms with Crippen molar-refractivity contribution < 1.29 is 14.6 Å². The van der Waals surface area contributed by atoms with Crippen molar-refractivity contribution in [3.63, 3.8) is 0 Å². The maximum Gasteiger partial charge on any atom is 0.335 e. The number of thiazole rings is 1. The van der Waals surface area contributed by atoms with Gasteiger partial charge in [-0.25, -0.2) is 14.2 Å². The summed E-state index contributed by atoms with van der Waals surface area (Å²) in [7, 11) is 0. The van der Waals surface area contributed by atoms with Gasteiger partial charge in [0.1, 0.15) is 6.61 Å². The Morgan fingerprint density at radius 3 is 2.48 bits per heavy atom. The highest BCUT2D eigenvalue weighted by Crippen LogP contribution is 2.35. The quantitative estimate of drug-likeness (QED) is 0.368. The number of rotatable bonds is 5. The molecule has 0 radical (unpaired) electrons. The van der Waals surface area contributed by atoms with Crippen molar-refractivity contribution in [2.45, 2.75) is 6.61 Å². The molecule has 0 spiro atoms. The Hall–Kier alpha value is -3.39. The van der Waals surface area contributed by atoms with Crippen molar-refractivity contribution in [3.8, 4) is 5.75 Å². The molecule has 0 aliphatic rings. The van der Waals surface area contributed by atoms with Gasteiger partial charge in [-0.05, 0) is 53.6 Å². The zero-order valence-electron chi connectivity index (χ0n) is 16.8. The van der Waals surface area contributed by atoms with Crippen LogP contribution in [0.2, 0.25) is 10.0 Å². The van der Waals surface area contributed by atoms with Gasteiger partial charge in [0.2, 0.25) is 0 Å². The lowest BCUT2D eigenvalue weighted by Crippen LogP contribution is -2.22. The molecule has 9 heteroatoms. The van der Waals surface area contributed by atoms with E-state index in [0.29, 0.717) is 30.9 Å². The summed E-state index contributed by atoms with van der Waals surface area (Å²) in [6, 6.07) is 17.2. The first-order valence-electron chi connectivity index (χ1n) is 9.76. The van der Waals surface area contributed by atoms with E-state index < -0.39 is 5.97 Å². The lowest BCUT2D eigenvalue weighted by atomic mass is 10.1. The topological polar surface area (TPSA) is 80.9 Å². The molecular formula is C24H14Cl2N2O4S. The minimum absolute atomic E-state index is 0.152. The predicted octanol–water partition coefficient (Wildman–Crippen LogP) is 5.04. The molecule has 0 unspecified atom stereocenters. The van der Waals surface area contributed by atoms with E-state index in [2.05, 4.69) is 4.98 Å². The van der Waals surface area contributed by atoms with E-state index in [1.54, 1.807) is 34.7 Å². The number of carboxylic acid groups (broad SMARTS) is 1. The van der Waals surface area contributed by atoms with Crippen LogP contribution in [0, 0.1) is 0 Å². The van der Waals surface area contributed by atoms with Crippen molar-refractivity contribution >= 4 is 62.6 Å². The van der Waals surface area contributed by atoms with Gasteiger partial charge in [0.25, 0.3) is 5.56 Å². The molecule has 5 rings (SSSR count). The number of fused-ring (bicyclic) bond motifs is 3. The Balaban J connectivity index is 1.44. The fraction of sp³-hybridized carbons (Fsp3) is 0.0417. The standard InChI is InChI=1S/C24H14Cl2N2O4S/c25-16-9-14(10-17(26)21(16)32-12-13-5-7-15(8-6-13)23(30)31)11-20-22(29)28-19-4-2-1-3-18(19)27-24(28)33-20/h1-11H,12H2,(H,30,31). The minimum Gasteiger partial charge on any atom is -0.486 e. The van der Waals surface area contributed by atoms with Crippen LogP contribution in [0.5, 0.6) is 5.75 Å². The van der Waals surface area contributed by atoms with Crippen LogP contribution in [-0.2, 0) is 6.61 Å². The van der Waals surface area contributed by atoms with Crippen LogP contribution in [0.15, 0.2) is 65.5 Å². The molecule has 1 N–H and O–H groups in total. The summed E-state index contributed by atoms with van der Waals surface area (Å²) in [5, 5.41) is 9.59. The van der Waals surface area contributed by atoms with E-state index in [1.165, 1.54) is 23.5 Å². The third-order valence-electron chi connectivity index (χ3n) is 5.05. The second-order valence-electron chi connectivity index (χ2n) is 7.24. The lowest BCUT2D eigenvalue weighted by molar-refractivity contribution is 0.0697. The van der Waals surface area contributed by atoms with Crippen LogP contribution in [-0.4, -0.2) is 20.5 Å². The second-order valence-corrected chi connectivity index (χ2v) is 9.06. The van der Waals surface area contributed by atoms with Crippen LogP contribution in [0.3, 0.4) is 0 Å². The van der Waals surface area contributed by atoms with Gasteiger partial charge < -0.3 is 9.84 Å². The summed E-state index contributed by atoms with van der Waals surface area (Å²) < 4.78 is 7.88. The lowest BCUT2D eigenvalue weighted by Gasteiger charge is -2.11. The molecule has 2 aromatic heterocycles. The summed E-state index contributed by atoms with van der Waals surface area (Å²) in [6.07, 6.45) is 1.72. The third kappa shape index (κ3) is 4.06. The van der Waals surface area contributed by atoms with E-state index in [4.69, 9.17) is 33.0 Å². The van der Waals surface area contributed by atoms with Crippen LogP contribution in [0.1, 0.15) is 21.5 Å². The van der Waals surface area contributed by atoms with Gasteiger partial charge >= 0.3 is 5.97 Å². The molecule has 2 heterocycles. The number of aromatic nitrogens is 2. The Kier molecular flexibility index (Phi) is 5.54. The number of hydrogen-bond acceptors (Lipinski definition) is 5. The summed E-state index contributed by atoms with van der Waals surface area (Å²) in [5.41, 5.74) is 3.02. The van der Waals surface area contributed by atoms with Crippen LogP contribution in [0.25, 0.3) is 22.1 Å². The number of carboxylic acids is 1. The van der Waals surface area contributed by atoms with Gasteiger partial charge in [-0.2, -0.15) is 0 Å². The normalized spacial score (nSPS) is 12.0. The highest BCUT2D eigenvalue weighted by molar-refractivity contribution is 7.15. The van der Waals surface area contributed by atoms with Gasteiger partial charge in [-0.1, -0.05) is 58.8 Å². The summed E-state index contributed by atoms with van der Waals surface area (Å²) >= 11 is 14.1. The van der Waals surface area contributed by atoms with Crippen molar-refractivity contribution in [1.82, 2.24) is 9.38 Å². The monoisotopic (exact) mass is 496 g/mol. The summed E-state index contributed by atoms with van der Waals surface area (Å²) in [5.74, 6) is -0.680. The number of halogens is 2. The Labute approximate surface area is 200 Å². The number of imidazole rings is 1. The first-order valence-corrected chi connectivity index (χ1v) is 11.3. The van der Waals surface area contributed by atoms with Crippen LogP contribution >= 0.6 is 34.5 Å². The van der Waals surface area contributed by atoms with Gasteiger partial charge in [-0.3, -0.25) is 4.79 Å². The third-order valence-corrected chi connectivity index (χ3v) is 6.58. The molecule has 164 valence electrons. The van der Waals surface area contributed by atoms with Gasteiger partial charge in [0.05, 0.1) is 31.2 Å². The zero-order chi connectivity index (χ0) is 23.1. The summed E-state index contributed by atoms with van der Waals surface area (Å²) in [4.78, 5) is 29.0. The van der Waals surface area contributed by atoms with E-state index in [9.17, 15) is 9.59 Å². The first kappa shape index (κ1) is 21.5. The number of benzene rings is 3. The highest BCUT2D eigenvalue weighted by Gasteiger charge is 2.13. The maximum atomic E-state index is 12.9. The fourth-order valence-corrected chi connectivity index (χ4v) is 5.06. The largest absolute Gasteiger partial charge is 0.486 e. The number of para-hydroxylation sites is 2. The van der Waals surface area contributed by atoms with Gasteiger partial charge in [0, 0.05) is 0 Å². The Bertz CT molecular complexity index is 1620. The molecule has 6 nitrogen and oxygen atoms in total. The molecule has 5 aromatic rings. The molecule has 0 aliphatic heterocycles. The smallest absolute Gasteiger partial charge is 0.335 e. The van der Waals surface area contributed by atoms with E-state index >= 15 is 0 Å². The number of hydrogen-bond donors (Lipinski definition) is 1. The second kappa shape index (κ2) is 8.51. The summed E-state index contributed by atoms with van der Waals surface area (Å²) in [6.45, 7) is 0.169. The molecule has 0 saturated heterocycles. The van der Waals surface area contributed by atoms with Crippen molar-refractivity contribution in [1.29, 1.82) is 0 Å². The highest BCUT2D eigenvalue weighted by atomic mass is 35.5. The Morgan fingerprint density at radius 1 is 1.09 bits per heavy atom. The first-order chi connectivity index (χ1) is 15.9. The maximum absolute atomic E-state index is 12.9. The molecular weight excluding hydrogens is 483 g/mol. The van der Waals surface area contributed by atoms with Crippen LogP contribution < -0.4 is 14.8 Å². The molecule has 0 amide bonds. The predicted molar refractivity (Wildman–Crippen MR) is 130 cm³/mol. The van der Waals surface area contributed by atoms with Gasteiger partial charge in [0.15, 0.2) is 10.7 Å². The average molecular weight is 497 g/mol. The van der Waals surface area contributed by atoms with Gasteiger partial charge in [-0.15, -0.1) is 0 Å². The molecule has 0 fully saturated rings. The van der Waals surface area contributed by atoms with Crippen LogP contribution in [0.4, 0.5) is 0 Å². The molecule has 3 aromatic carbocycles. The van der Waals surface area contributed by atoms with E-state index in [1.807, 2.05) is 24.3 Å². The minimum atomic E-state index is -0.992. The number of nitrogens with zero attached hydrogens (tertiary/aromatic N) is 2. The van der Waals surface area contributed by atoms with Crippen molar-refractivity contribution in [3.05, 3.63) is 102 Å². The van der Waals surface area contributed by atoms with E-state index in [0.717, 1.165) is 16.6 Å². The molecule has 0 atom stereocenters. The molecule has 0 aliphatic carbocycles. The van der Waals surface area contributed by atoms with Crippen molar-refractivity contribution in [2.75, 3.05) is 0 Å². The number of ether oxygens (including phenoxy) is 1. The SMILES string of the molecule is O=C(O)c1ccc(COc2c(Cl)cc(C=c3sc4nc5ccccc5n4c3=O)cc2Cl)cc1. The van der Waals surface area contributed by atoms with Crippen molar-refractivity contribution in [2.24, 2.45) is 0 Å². The number of carbonyl (C=O) groups is 1. The number of aromatic carboxylic acids is 1. The Morgan fingerprint density at radius 2 is 1.79 bits per heavy atom.